The summed E-state index contributed by atoms with van der Waals surface area (Å²) in [6.45, 7) is 7.97. The SMILES string of the molecule is C=CCn1c(SCC(=O)Nc2nnc(C)s2)nnc1C(C)Oc1ccccc1Cl. The third-order valence-corrected chi connectivity index (χ3v) is 5.70. The van der Waals surface area contributed by atoms with Crippen LogP contribution in [0.3, 0.4) is 0 Å². The highest BCUT2D eigenvalue weighted by atomic mass is 35.5. The third kappa shape index (κ3) is 5.55. The number of para-hydroxylation sites is 1. The van der Waals surface area contributed by atoms with E-state index in [0.717, 1.165) is 5.01 Å². The number of nitrogens with zero attached hydrogens (tertiary/aromatic N) is 5. The number of halogens is 1. The molecule has 0 fully saturated rings. The third-order valence-electron chi connectivity index (χ3n) is 3.67. The number of aryl methyl sites for hydroxylation is 1. The fourth-order valence-electron chi connectivity index (χ4n) is 2.42. The predicted molar refractivity (Wildman–Crippen MR) is 115 cm³/mol. The summed E-state index contributed by atoms with van der Waals surface area (Å²) in [5.74, 6) is 1.15. The molecule has 3 rings (SSSR count). The van der Waals surface area contributed by atoms with Crippen LogP contribution in [0.2, 0.25) is 5.02 Å². The van der Waals surface area contributed by atoms with Gasteiger partial charge < -0.3 is 4.74 Å². The highest BCUT2D eigenvalue weighted by molar-refractivity contribution is 7.99. The van der Waals surface area contributed by atoms with E-state index in [2.05, 4.69) is 32.3 Å². The van der Waals surface area contributed by atoms with Gasteiger partial charge in [0, 0.05) is 6.54 Å². The number of rotatable bonds is 9. The van der Waals surface area contributed by atoms with Crippen LogP contribution in [0.25, 0.3) is 0 Å². The molecule has 0 saturated heterocycles. The molecular weight excluding hydrogens is 432 g/mol. The van der Waals surface area contributed by atoms with Crippen LogP contribution in [0, 0.1) is 6.92 Å². The molecule has 0 bridgehead atoms. The Kier molecular flexibility index (Phi) is 7.24. The topological polar surface area (TPSA) is 94.8 Å². The van der Waals surface area contributed by atoms with E-state index < -0.39 is 6.10 Å². The van der Waals surface area contributed by atoms with Gasteiger partial charge >= 0.3 is 0 Å². The van der Waals surface area contributed by atoms with Gasteiger partial charge in [-0.05, 0) is 26.0 Å². The van der Waals surface area contributed by atoms with E-state index in [1.165, 1.54) is 23.1 Å². The zero-order valence-corrected chi connectivity index (χ0v) is 18.2. The van der Waals surface area contributed by atoms with Crippen molar-refractivity contribution in [3.63, 3.8) is 0 Å². The van der Waals surface area contributed by atoms with Crippen molar-refractivity contribution in [1.29, 1.82) is 0 Å². The van der Waals surface area contributed by atoms with E-state index in [-0.39, 0.29) is 11.7 Å². The van der Waals surface area contributed by atoms with Gasteiger partial charge in [-0.3, -0.25) is 14.7 Å². The maximum atomic E-state index is 12.2. The number of amides is 1. The zero-order valence-electron chi connectivity index (χ0n) is 15.8. The lowest BCUT2D eigenvalue weighted by Gasteiger charge is -2.16. The Morgan fingerprint density at radius 3 is 2.86 bits per heavy atom. The van der Waals surface area contributed by atoms with E-state index in [1.807, 2.05) is 30.5 Å². The molecule has 3 aromatic rings. The Labute approximate surface area is 181 Å². The fourth-order valence-corrected chi connectivity index (χ4v) is 3.97. The van der Waals surface area contributed by atoms with Crippen LogP contribution in [0.5, 0.6) is 5.75 Å². The van der Waals surface area contributed by atoms with Crippen molar-refractivity contribution < 1.29 is 9.53 Å². The minimum atomic E-state index is -0.394. The first-order valence-electron chi connectivity index (χ1n) is 8.66. The molecule has 11 heteroatoms. The van der Waals surface area contributed by atoms with Crippen molar-refractivity contribution in [1.82, 2.24) is 25.0 Å². The molecule has 0 saturated carbocycles. The standard InChI is InChI=1S/C18H19ClN6O2S2/c1-4-9-25-16(11(2)27-14-8-6-5-7-13(14)19)22-24-18(25)28-10-15(26)20-17-23-21-12(3)29-17/h4-8,11H,1,9-10H2,2-3H3,(H,20,23,26). The molecule has 0 aliphatic heterocycles. The number of benzene rings is 1. The maximum Gasteiger partial charge on any atom is 0.236 e. The van der Waals surface area contributed by atoms with Crippen molar-refractivity contribution in [3.8, 4) is 5.75 Å². The predicted octanol–water partition coefficient (Wildman–Crippen LogP) is 4.15. The van der Waals surface area contributed by atoms with Crippen LogP contribution < -0.4 is 10.1 Å². The summed E-state index contributed by atoms with van der Waals surface area (Å²) in [7, 11) is 0. The zero-order chi connectivity index (χ0) is 20.8. The molecule has 2 heterocycles. The monoisotopic (exact) mass is 450 g/mol. The van der Waals surface area contributed by atoms with E-state index in [9.17, 15) is 4.79 Å². The Morgan fingerprint density at radius 2 is 2.17 bits per heavy atom. The fraction of sp³-hybridized carbons (Fsp3) is 0.278. The Hall–Kier alpha value is -2.43. The molecule has 0 radical (unpaired) electrons. The molecule has 0 aliphatic carbocycles. The van der Waals surface area contributed by atoms with Gasteiger partial charge in [0.1, 0.15) is 10.8 Å². The number of hydrogen-bond donors (Lipinski definition) is 1. The van der Waals surface area contributed by atoms with Crippen LogP contribution in [0.1, 0.15) is 23.9 Å². The average Bonchev–Trinajstić information content (AvgIpc) is 3.28. The largest absolute Gasteiger partial charge is 0.481 e. The molecular formula is C18H19ClN6O2S2. The number of nitrogens with one attached hydrogen (secondary N) is 1. The number of thioether (sulfide) groups is 1. The number of carbonyl (C=O) groups excluding carboxylic acids is 1. The van der Waals surface area contributed by atoms with Crippen molar-refractivity contribution in [2.75, 3.05) is 11.1 Å². The first-order valence-corrected chi connectivity index (χ1v) is 10.8. The van der Waals surface area contributed by atoms with Gasteiger partial charge in [-0.1, -0.05) is 52.9 Å². The highest BCUT2D eigenvalue weighted by Crippen LogP contribution is 2.29. The number of anilines is 1. The maximum absolute atomic E-state index is 12.2. The molecule has 29 heavy (non-hydrogen) atoms. The number of allylic oxidation sites excluding steroid dienone is 1. The molecule has 0 aliphatic rings. The number of hydrogen-bond acceptors (Lipinski definition) is 8. The highest BCUT2D eigenvalue weighted by Gasteiger charge is 2.20. The first kappa shape index (κ1) is 21.3. The second-order valence-electron chi connectivity index (χ2n) is 5.89. The second-order valence-corrected chi connectivity index (χ2v) is 8.42. The quantitative estimate of drug-likeness (QED) is 0.386. The summed E-state index contributed by atoms with van der Waals surface area (Å²) in [4.78, 5) is 12.2. The van der Waals surface area contributed by atoms with Crippen molar-refractivity contribution in [2.45, 2.75) is 31.7 Å². The van der Waals surface area contributed by atoms with Gasteiger partial charge in [-0.15, -0.1) is 27.0 Å². The van der Waals surface area contributed by atoms with Crippen LogP contribution in [0.4, 0.5) is 5.13 Å². The molecule has 1 atom stereocenters. The molecule has 1 unspecified atom stereocenters. The van der Waals surface area contributed by atoms with Crippen LogP contribution >= 0.6 is 34.7 Å². The summed E-state index contributed by atoms with van der Waals surface area (Å²) in [5.41, 5.74) is 0. The smallest absolute Gasteiger partial charge is 0.236 e. The Bertz CT molecular complexity index is 1010. The van der Waals surface area contributed by atoms with Crippen molar-refractivity contribution in [2.24, 2.45) is 0 Å². The van der Waals surface area contributed by atoms with E-state index in [0.29, 0.717) is 33.4 Å². The summed E-state index contributed by atoms with van der Waals surface area (Å²) in [6, 6.07) is 7.24. The lowest BCUT2D eigenvalue weighted by Crippen LogP contribution is -2.15. The van der Waals surface area contributed by atoms with Crippen molar-refractivity contribution in [3.05, 3.63) is 52.8 Å². The first-order chi connectivity index (χ1) is 14.0. The van der Waals surface area contributed by atoms with Crippen molar-refractivity contribution >= 4 is 45.7 Å². The molecule has 1 N–H and O–H groups in total. The summed E-state index contributed by atoms with van der Waals surface area (Å²) < 4.78 is 7.81. The van der Waals surface area contributed by atoms with Gasteiger partial charge in [0.05, 0.1) is 10.8 Å². The number of carbonyl (C=O) groups is 1. The molecule has 0 spiro atoms. The van der Waals surface area contributed by atoms with Gasteiger partial charge in [-0.25, -0.2) is 0 Å². The van der Waals surface area contributed by atoms with E-state index in [4.69, 9.17) is 16.3 Å². The summed E-state index contributed by atoms with van der Waals surface area (Å²) in [6.07, 6.45) is 1.35. The van der Waals surface area contributed by atoms with Crippen LogP contribution in [-0.4, -0.2) is 36.6 Å². The van der Waals surface area contributed by atoms with E-state index >= 15 is 0 Å². The molecule has 8 nitrogen and oxygen atoms in total. The van der Waals surface area contributed by atoms with E-state index in [1.54, 1.807) is 18.2 Å². The normalized spacial score (nSPS) is 11.8. The lowest BCUT2D eigenvalue weighted by atomic mass is 10.3. The number of aromatic nitrogens is 5. The molecule has 152 valence electrons. The van der Waals surface area contributed by atoms with Crippen LogP contribution in [-0.2, 0) is 11.3 Å². The van der Waals surface area contributed by atoms with Gasteiger partial charge in [0.25, 0.3) is 0 Å². The number of ether oxygens (including phenoxy) is 1. The van der Waals surface area contributed by atoms with Crippen LogP contribution in [0.15, 0.2) is 42.1 Å². The molecule has 1 amide bonds. The molecule has 1 aromatic carbocycles. The minimum absolute atomic E-state index is 0.160. The average molecular weight is 451 g/mol. The van der Waals surface area contributed by atoms with Gasteiger partial charge in [0.15, 0.2) is 17.1 Å². The molecule has 2 aromatic heterocycles. The second kappa shape index (κ2) is 9.86. The Morgan fingerprint density at radius 1 is 1.38 bits per heavy atom. The summed E-state index contributed by atoms with van der Waals surface area (Å²) >= 11 is 8.77. The van der Waals surface area contributed by atoms with Gasteiger partial charge in [0.2, 0.25) is 11.0 Å². The minimum Gasteiger partial charge on any atom is -0.481 e. The Balaban J connectivity index is 1.68. The summed E-state index contributed by atoms with van der Waals surface area (Å²) in [5, 5.41) is 21.3. The lowest BCUT2D eigenvalue weighted by molar-refractivity contribution is -0.113. The van der Waals surface area contributed by atoms with Gasteiger partial charge in [-0.2, -0.15) is 0 Å².